The smallest absolute Gasteiger partial charge is 0.322 e. The van der Waals surface area contributed by atoms with Crippen LogP contribution in [0.3, 0.4) is 0 Å². The number of phenolic OH excluding ortho intramolecular Hbond substituents is 1. The van der Waals surface area contributed by atoms with Crippen molar-refractivity contribution in [1.29, 1.82) is 0 Å². The summed E-state index contributed by atoms with van der Waals surface area (Å²) in [4.78, 5) is 11.1. The fraction of sp³-hybridized carbons (Fsp3) is 0.300. The molecule has 0 heterocycles. The number of nitrogens with two attached hydrogens (primary N) is 1. The van der Waals surface area contributed by atoms with Crippen molar-refractivity contribution >= 4 is 29.2 Å². The Kier molecular flexibility index (Phi) is 4.41. The van der Waals surface area contributed by atoms with Crippen LogP contribution in [-0.2, 0) is 16.0 Å². The van der Waals surface area contributed by atoms with E-state index in [2.05, 4.69) is 4.74 Å². The van der Waals surface area contributed by atoms with E-state index in [1.807, 2.05) is 0 Å². The van der Waals surface area contributed by atoms with Crippen LogP contribution in [0, 0.1) is 0 Å². The second-order valence-electron chi connectivity index (χ2n) is 3.23. The van der Waals surface area contributed by atoms with Crippen LogP contribution in [0.15, 0.2) is 12.1 Å². The molecule has 0 aliphatic heterocycles. The average molecular weight is 264 g/mol. The lowest BCUT2D eigenvalue weighted by Gasteiger charge is -2.11. The molecule has 4 nitrogen and oxygen atoms in total. The molecule has 88 valence electrons. The molecule has 0 spiro atoms. The maximum absolute atomic E-state index is 11.1. The predicted molar refractivity (Wildman–Crippen MR) is 61.8 cm³/mol. The van der Waals surface area contributed by atoms with Crippen molar-refractivity contribution in [2.45, 2.75) is 12.5 Å². The summed E-state index contributed by atoms with van der Waals surface area (Å²) in [5, 5.41) is 10.1. The highest BCUT2D eigenvalue weighted by molar-refractivity contribution is 6.42. The molecule has 0 amide bonds. The van der Waals surface area contributed by atoms with E-state index in [1.165, 1.54) is 19.2 Å². The average Bonchev–Trinajstić information content (AvgIpc) is 2.24. The lowest BCUT2D eigenvalue weighted by atomic mass is 10.1. The number of carbonyl (C=O) groups excluding carboxylic acids is 1. The van der Waals surface area contributed by atoms with Gasteiger partial charge in [-0.2, -0.15) is 0 Å². The Bertz CT molecular complexity index is 409. The Morgan fingerprint density at radius 1 is 1.50 bits per heavy atom. The fourth-order valence-corrected chi connectivity index (χ4v) is 1.56. The zero-order valence-corrected chi connectivity index (χ0v) is 10.0. The number of benzene rings is 1. The molecule has 16 heavy (non-hydrogen) atoms. The standard InChI is InChI=1S/C10H11Cl2NO3/c1-16-10(15)8(13)3-5-2-6(11)7(12)4-9(5)14/h2,4,8,14H,3,13H2,1H3. The molecule has 0 saturated heterocycles. The largest absolute Gasteiger partial charge is 0.508 e. The van der Waals surface area contributed by atoms with E-state index in [-0.39, 0.29) is 17.2 Å². The topological polar surface area (TPSA) is 72.5 Å². The third kappa shape index (κ3) is 3.01. The molecule has 1 aromatic carbocycles. The number of rotatable bonds is 3. The SMILES string of the molecule is COC(=O)C(N)Cc1cc(Cl)c(Cl)cc1O. The van der Waals surface area contributed by atoms with Crippen molar-refractivity contribution in [3.05, 3.63) is 27.7 Å². The van der Waals surface area contributed by atoms with Gasteiger partial charge < -0.3 is 15.6 Å². The Balaban J connectivity index is 2.89. The highest BCUT2D eigenvalue weighted by atomic mass is 35.5. The van der Waals surface area contributed by atoms with E-state index in [9.17, 15) is 9.90 Å². The Hall–Kier alpha value is -0.970. The number of methoxy groups -OCH3 is 1. The van der Waals surface area contributed by atoms with E-state index < -0.39 is 12.0 Å². The van der Waals surface area contributed by atoms with Gasteiger partial charge >= 0.3 is 5.97 Å². The first kappa shape index (κ1) is 13.1. The number of esters is 1. The van der Waals surface area contributed by atoms with Crippen molar-refractivity contribution in [3.8, 4) is 5.75 Å². The molecular weight excluding hydrogens is 253 g/mol. The maximum Gasteiger partial charge on any atom is 0.322 e. The molecule has 1 unspecified atom stereocenters. The molecule has 1 rings (SSSR count). The third-order valence-corrected chi connectivity index (χ3v) is 2.79. The van der Waals surface area contributed by atoms with Crippen LogP contribution < -0.4 is 5.73 Å². The fourth-order valence-electron chi connectivity index (χ4n) is 1.21. The molecule has 0 radical (unpaired) electrons. The van der Waals surface area contributed by atoms with Crippen LogP contribution in [-0.4, -0.2) is 24.2 Å². The predicted octanol–water partition coefficient (Wildman–Crippen LogP) is 1.74. The number of ether oxygens (including phenoxy) is 1. The van der Waals surface area contributed by atoms with Crippen molar-refractivity contribution < 1.29 is 14.6 Å². The lowest BCUT2D eigenvalue weighted by molar-refractivity contribution is -0.142. The molecular formula is C10H11Cl2NO3. The van der Waals surface area contributed by atoms with Gasteiger partial charge in [0.2, 0.25) is 0 Å². The molecule has 0 fully saturated rings. The van der Waals surface area contributed by atoms with Gasteiger partial charge in [0, 0.05) is 12.5 Å². The number of hydrogen-bond acceptors (Lipinski definition) is 4. The van der Waals surface area contributed by atoms with Gasteiger partial charge in [0.05, 0.1) is 17.2 Å². The number of aromatic hydroxyl groups is 1. The van der Waals surface area contributed by atoms with Crippen LogP contribution in [0.1, 0.15) is 5.56 Å². The van der Waals surface area contributed by atoms with E-state index in [0.717, 1.165) is 0 Å². The van der Waals surface area contributed by atoms with Gasteiger partial charge in [0.25, 0.3) is 0 Å². The van der Waals surface area contributed by atoms with Gasteiger partial charge in [-0.05, 0) is 11.6 Å². The third-order valence-electron chi connectivity index (χ3n) is 2.07. The molecule has 0 aliphatic carbocycles. The summed E-state index contributed by atoms with van der Waals surface area (Å²) in [6, 6.07) is 1.94. The van der Waals surface area contributed by atoms with Crippen molar-refractivity contribution in [1.82, 2.24) is 0 Å². The van der Waals surface area contributed by atoms with Crippen molar-refractivity contribution in [2.24, 2.45) is 5.73 Å². The summed E-state index contributed by atoms with van der Waals surface area (Å²) in [6.45, 7) is 0. The second-order valence-corrected chi connectivity index (χ2v) is 4.04. The number of hydrogen-bond donors (Lipinski definition) is 2. The Morgan fingerprint density at radius 3 is 2.62 bits per heavy atom. The molecule has 0 aliphatic rings. The normalized spacial score (nSPS) is 12.2. The number of carbonyl (C=O) groups is 1. The van der Waals surface area contributed by atoms with E-state index in [1.54, 1.807) is 0 Å². The molecule has 6 heteroatoms. The number of phenols is 1. The van der Waals surface area contributed by atoms with Gasteiger partial charge in [-0.1, -0.05) is 23.2 Å². The lowest BCUT2D eigenvalue weighted by Crippen LogP contribution is -2.33. The maximum atomic E-state index is 11.1. The van der Waals surface area contributed by atoms with Gasteiger partial charge in [-0.15, -0.1) is 0 Å². The van der Waals surface area contributed by atoms with Crippen LogP contribution in [0.2, 0.25) is 10.0 Å². The Morgan fingerprint density at radius 2 is 2.06 bits per heavy atom. The van der Waals surface area contributed by atoms with Gasteiger partial charge in [0.1, 0.15) is 11.8 Å². The van der Waals surface area contributed by atoms with Crippen molar-refractivity contribution in [2.75, 3.05) is 7.11 Å². The molecule has 3 N–H and O–H groups in total. The molecule has 0 aromatic heterocycles. The summed E-state index contributed by atoms with van der Waals surface area (Å²) in [7, 11) is 1.25. The molecule has 1 aromatic rings. The first-order chi connectivity index (χ1) is 7.45. The minimum Gasteiger partial charge on any atom is -0.508 e. The molecule has 0 saturated carbocycles. The van der Waals surface area contributed by atoms with Crippen molar-refractivity contribution in [3.63, 3.8) is 0 Å². The van der Waals surface area contributed by atoms with E-state index in [4.69, 9.17) is 28.9 Å². The highest BCUT2D eigenvalue weighted by Gasteiger charge is 2.17. The summed E-state index contributed by atoms with van der Waals surface area (Å²) < 4.78 is 4.47. The van der Waals surface area contributed by atoms with Gasteiger partial charge in [0.15, 0.2) is 0 Å². The van der Waals surface area contributed by atoms with Crippen LogP contribution in [0.5, 0.6) is 5.75 Å². The summed E-state index contributed by atoms with van der Waals surface area (Å²) in [5.74, 6) is -0.598. The monoisotopic (exact) mass is 263 g/mol. The summed E-state index contributed by atoms with van der Waals surface area (Å²) in [6.07, 6.45) is 0.134. The molecule has 0 bridgehead atoms. The zero-order valence-electron chi connectivity index (χ0n) is 8.54. The van der Waals surface area contributed by atoms with Crippen LogP contribution in [0.25, 0.3) is 0 Å². The molecule has 1 atom stereocenters. The minimum atomic E-state index is -0.840. The first-order valence-corrected chi connectivity index (χ1v) is 5.21. The number of halogens is 2. The second kappa shape index (κ2) is 5.39. The zero-order chi connectivity index (χ0) is 12.3. The summed E-state index contributed by atoms with van der Waals surface area (Å²) >= 11 is 11.5. The first-order valence-electron chi connectivity index (χ1n) is 4.46. The van der Waals surface area contributed by atoms with E-state index >= 15 is 0 Å². The van der Waals surface area contributed by atoms with E-state index in [0.29, 0.717) is 10.6 Å². The van der Waals surface area contributed by atoms with Gasteiger partial charge in [-0.3, -0.25) is 4.79 Å². The summed E-state index contributed by atoms with van der Waals surface area (Å²) in [5.41, 5.74) is 6.01. The van der Waals surface area contributed by atoms with Crippen LogP contribution >= 0.6 is 23.2 Å². The minimum absolute atomic E-state index is 0.0475. The highest BCUT2D eigenvalue weighted by Crippen LogP contribution is 2.30. The Labute approximate surface area is 103 Å². The van der Waals surface area contributed by atoms with Crippen LogP contribution in [0.4, 0.5) is 0 Å². The quantitative estimate of drug-likeness (QED) is 0.815. The van der Waals surface area contributed by atoms with Gasteiger partial charge in [-0.25, -0.2) is 0 Å².